The number of anilines is 1. The van der Waals surface area contributed by atoms with Gasteiger partial charge in [0.05, 0.1) is 0 Å². The van der Waals surface area contributed by atoms with E-state index in [1.165, 1.54) is 0 Å². The molecule has 0 spiro atoms. The van der Waals surface area contributed by atoms with E-state index in [-0.39, 0.29) is 6.10 Å². The van der Waals surface area contributed by atoms with Crippen molar-refractivity contribution in [1.29, 1.82) is 0 Å². The molecule has 0 saturated heterocycles. The van der Waals surface area contributed by atoms with Crippen LogP contribution in [-0.2, 0) is 0 Å². The van der Waals surface area contributed by atoms with E-state index in [0.29, 0.717) is 6.61 Å². The molecule has 0 fully saturated rings. The minimum Gasteiger partial charge on any atom is -0.486 e. The summed E-state index contributed by atoms with van der Waals surface area (Å²) in [6.07, 6.45) is 5.17. The quantitative estimate of drug-likeness (QED) is 0.868. The van der Waals surface area contributed by atoms with Crippen LogP contribution in [0.3, 0.4) is 0 Å². The van der Waals surface area contributed by atoms with Gasteiger partial charge in [0.15, 0.2) is 11.5 Å². The van der Waals surface area contributed by atoms with Gasteiger partial charge in [-0.2, -0.15) is 0 Å². The average Bonchev–Trinajstić information content (AvgIpc) is 2.39. The minimum absolute atomic E-state index is 0.151. The third-order valence-electron chi connectivity index (χ3n) is 2.93. The Morgan fingerprint density at radius 2 is 2.29 bits per heavy atom. The molecule has 17 heavy (non-hydrogen) atoms. The molecule has 3 nitrogen and oxygen atoms in total. The summed E-state index contributed by atoms with van der Waals surface area (Å²) in [4.78, 5) is 0. The second-order valence-corrected chi connectivity index (χ2v) is 4.06. The number of nitrogens with one attached hydrogen (secondary N) is 1. The SMILES string of the molecule is C/C=C/c1c(NC)ccc2c1OC(CC)CO2. The number of benzene rings is 1. The second kappa shape index (κ2) is 5.13. The molecule has 0 aromatic heterocycles. The van der Waals surface area contributed by atoms with Crippen molar-refractivity contribution in [3.8, 4) is 11.5 Å². The van der Waals surface area contributed by atoms with E-state index in [1.807, 2.05) is 38.3 Å². The van der Waals surface area contributed by atoms with Gasteiger partial charge < -0.3 is 14.8 Å². The van der Waals surface area contributed by atoms with Gasteiger partial charge in [0.25, 0.3) is 0 Å². The summed E-state index contributed by atoms with van der Waals surface area (Å²) in [5, 5.41) is 3.18. The summed E-state index contributed by atoms with van der Waals surface area (Å²) in [6, 6.07) is 3.98. The van der Waals surface area contributed by atoms with Gasteiger partial charge in [0.1, 0.15) is 12.7 Å². The predicted octanol–water partition coefficient (Wildman–Crippen LogP) is 3.31. The summed E-state index contributed by atoms with van der Waals surface area (Å²) in [5.41, 5.74) is 2.12. The molecule has 1 N–H and O–H groups in total. The predicted molar refractivity (Wildman–Crippen MR) is 70.9 cm³/mol. The summed E-state index contributed by atoms with van der Waals surface area (Å²) < 4.78 is 11.7. The molecule has 92 valence electrons. The first-order valence-corrected chi connectivity index (χ1v) is 6.07. The molecule has 1 heterocycles. The Bertz CT molecular complexity index is 426. The van der Waals surface area contributed by atoms with Gasteiger partial charge >= 0.3 is 0 Å². The highest BCUT2D eigenvalue weighted by molar-refractivity contribution is 5.75. The Balaban J connectivity index is 2.46. The molecule has 2 rings (SSSR count). The van der Waals surface area contributed by atoms with E-state index in [0.717, 1.165) is 29.2 Å². The van der Waals surface area contributed by atoms with Gasteiger partial charge in [0.2, 0.25) is 0 Å². The van der Waals surface area contributed by atoms with Crippen LogP contribution >= 0.6 is 0 Å². The molecule has 1 aliphatic heterocycles. The fraction of sp³-hybridized carbons (Fsp3) is 0.429. The van der Waals surface area contributed by atoms with Gasteiger partial charge in [-0.05, 0) is 25.5 Å². The van der Waals surface area contributed by atoms with Crippen LogP contribution in [0.25, 0.3) is 6.08 Å². The number of hydrogen-bond donors (Lipinski definition) is 1. The molecule has 3 heteroatoms. The maximum absolute atomic E-state index is 5.99. The van der Waals surface area contributed by atoms with Crippen LogP contribution in [0.1, 0.15) is 25.8 Å². The number of fused-ring (bicyclic) bond motifs is 1. The molecule has 0 bridgehead atoms. The van der Waals surface area contributed by atoms with E-state index in [2.05, 4.69) is 12.2 Å². The zero-order chi connectivity index (χ0) is 12.3. The maximum Gasteiger partial charge on any atom is 0.171 e. The van der Waals surface area contributed by atoms with Crippen molar-refractivity contribution in [3.05, 3.63) is 23.8 Å². The lowest BCUT2D eigenvalue weighted by atomic mass is 10.1. The lowest BCUT2D eigenvalue weighted by Crippen LogP contribution is -2.28. The monoisotopic (exact) mass is 233 g/mol. The van der Waals surface area contributed by atoms with Crippen LogP contribution in [-0.4, -0.2) is 19.8 Å². The normalized spacial score (nSPS) is 18.4. The Morgan fingerprint density at radius 1 is 1.47 bits per heavy atom. The number of ether oxygens (including phenoxy) is 2. The van der Waals surface area contributed by atoms with Crippen LogP contribution < -0.4 is 14.8 Å². The number of hydrogen-bond acceptors (Lipinski definition) is 3. The van der Waals surface area contributed by atoms with Crippen LogP contribution in [0, 0.1) is 0 Å². The van der Waals surface area contributed by atoms with E-state index in [1.54, 1.807) is 0 Å². The molecule has 0 saturated carbocycles. The molecular weight excluding hydrogens is 214 g/mol. The van der Waals surface area contributed by atoms with Crippen LogP contribution in [0.15, 0.2) is 18.2 Å². The highest BCUT2D eigenvalue weighted by Crippen LogP contribution is 2.40. The fourth-order valence-electron chi connectivity index (χ4n) is 1.95. The van der Waals surface area contributed by atoms with Crippen molar-refractivity contribution in [1.82, 2.24) is 0 Å². The van der Waals surface area contributed by atoms with E-state index in [4.69, 9.17) is 9.47 Å². The topological polar surface area (TPSA) is 30.5 Å². The Labute approximate surface area is 102 Å². The third kappa shape index (κ3) is 2.23. The molecule has 1 aliphatic rings. The first-order chi connectivity index (χ1) is 8.30. The van der Waals surface area contributed by atoms with Crippen molar-refractivity contribution in [3.63, 3.8) is 0 Å². The Morgan fingerprint density at radius 3 is 2.94 bits per heavy atom. The highest BCUT2D eigenvalue weighted by atomic mass is 16.6. The van der Waals surface area contributed by atoms with Crippen LogP contribution in [0.5, 0.6) is 11.5 Å². The molecule has 1 unspecified atom stereocenters. The fourth-order valence-corrected chi connectivity index (χ4v) is 1.95. The lowest BCUT2D eigenvalue weighted by Gasteiger charge is -2.28. The Hall–Kier alpha value is -1.64. The molecule has 1 atom stereocenters. The third-order valence-corrected chi connectivity index (χ3v) is 2.93. The number of rotatable bonds is 3. The molecule has 1 aromatic rings. The van der Waals surface area contributed by atoms with Gasteiger partial charge in [0, 0.05) is 18.3 Å². The van der Waals surface area contributed by atoms with Gasteiger partial charge in [-0.15, -0.1) is 0 Å². The van der Waals surface area contributed by atoms with Crippen molar-refractivity contribution in [2.24, 2.45) is 0 Å². The molecule has 1 aromatic carbocycles. The lowest BCUT2D eigenvalue weighted by molar-refractivity contribution is 0.0883. The first kappa shape index (κ1) is 11.8. The number of allylic oxidation sites excluding steroid dienone is 1. The van der Waals surface area contributed by atoms with Crippen LogP contribution in [0.2, 0.25) is 0 Å². The van der Waals surface area contributed by atoms with Gasteiger partial charge in [-0.3, -0.25) is 0 Å². The molecule has 0 radical (unpaired) electrons. The summed E-state index contributed by atoms with van der Waals surface area (Å²) >= 11 is 0. The first-order valence-electron chi connectivity index (χ1n) is 6.07. The van der Waals surface area contributed by atoms with Crippen molar-refractivity contribution in [2.75, 3.05) is 19.0 Å². The standard InChI is InChI=1S/C14H19NO2/c1-4-6-11-12(15-3)7-8-13-14(11)17-10(5-2)9-16-13/h4,6-8,10,15H,5,9H2,1-3H3/b6-4+. The zero-order valence-corrected chi connectivity index (χ0v) is 10.6. The average molecular weight is 233 g/mol. The molecular formula is C14H19NO2. The maximum atomic E-state index is 5.99. The van der Waals surface area contributed by atoms with E-state index in [9.17, 15) is 0 Å². The summed E-state index contributed by atoms with van der Waals surface area (Å²) in [5.74, 6) is 1.69. The van der Waals surface area contributed by atoms with Crippen LogP contribution in [0.4, 0.5) is 5.69 Å². The van der Waals surface area contributed by atoms with Gasteiger partial charge in [-0.1, -0.05) is 19.1 Å². The van der Waals surface area contributed by atoms with Gasteiger partial charge in [-0.25, -0.2) is 0 Å². The minimum atomic E-state index is 0.151. The molecule has 0 amide bonds. The summed E-state index contributed by atoms with van der Waals surface area (Å²) in [6.45, 7) is 4.74. The van der Waals surface area contributed by atoms with E-state index < -0.39 is 0 Å². The zero-order valence-electron chi connectivity index (χ0n) is 10.6. The Kier molecular flexibility index (Phi) is 3.57. The van der Waals surface area contributed by atoms with Crippen molar-refractivity contribution >= 4 is 11.8 Å². The highest BCUT2D eigenvalue weighted by Gasteiger charge is 2.23. The smallest absolute Gasteiger partial charge is 0.171 e. The largest absolute Gasteiger partial charge is 0.486 e. The second-order valence-electron chi connectivity index (χ2n) is 4.06. The molecule has 0 aliphatic carbocycles. The summed E-state index contributed by atoms with van der Waals surface area (Å²) in [7, 11) is 1.91. The van der Waals surface area contributed by atoms with Crippen molar-refractivity contribution < 1.29 is 9.47 Å². The van der Waals surface area contributed by atoms with E-state index >= 15 is 0 Å². The van der Waals surface area contributed by atoms with Crippen molar-refractivity contribution in [2.45, 2.75) is 26.4 Å².